The van der Waals surface area contributed by atoms with Gasteiger partial charge in [0.2, 0.25) is 0 Å². The highest BCUT2D eigenvalue weighted by Gasteiger charge is 2.06. The maximum atomic E-state index is 4.37. The second kappa shape index (κ2) is 14.0. The maximum absolute atomic E-state index is 4.37. The van der Waals surface area contributed by atoms with E-state index in [1.165, 1.54) is 12.4 Å². The van der Waals surface area contributed by atoms with Gasteiger partial charge in [0.15, 0.2) is 0 Å². The zero-order valence-corrected chi connectivity index (χ0v) is 17.4. The van der Waals surface area contributed by atoms with E-state index in [4.69, 9.17) is 0 Å². The van der Waals surface area contributed by atoms with E-state index in [9.17, 15) is 0 Å². The first-order valence-electron chi connectivity index (χ1n) is 9.38. The Morgan fingerprint density at radius 3 is 2.03 bits per heavy atom. The molecule has 0 bridgehead atoms. The molecule has 0 saturated carbocycles. The quantitative estimate of drug-likeness (QED) is 0.262. The normalized spacial score (nSPS) is 13.3. The summed E-state index contributed by atoms with van der Waals surface area (Å²) in [4.78, 5) is 8.72. The summed E-state index contributed by atoms with van der Waals surface area (Å²) < 4.78 is 0. The molecule has 0 amide bonds. The van der Waals surface area contributed by atoms with Crippen LogP contribution in [-0.2, 0) is 0 Å². The molecular weight excluding hydrogens is 364 g/mol. The topological polar surface area (TPSA) is 24.7 Å². The zero-order valence-electron chi connectivity index (χ0n) is 17.4. The molecule has 0 fully saturated rings. The number of benzene rings is 1. The van der Waals surface area contributed by atoms with Crippen molar-refractivity contribution in [3.05, 3.63) is 154 Å². The van der Waals surface area contributed by atoms with Gasteiger partial charge >= 0.3 is 0 Å². The lowest BCUT2D eigenvalue weighted by atomic mass is 9.97. The van der Waals surface area contributed by atoms with E-state index in [2.05, 4.69) is 55.5 Å². The van der Waals surface area contributed by atoms with E-state index in [1.54, 1.807) is 24.3 Å². The van der Waals surface area contributed by atoms with Crippen LogP contribution in [-0.4, -0.2) is 11.4 Å². The van der Waals surface area contributed by atoms with Gasteiger partial charge in [-0.3, -0.25) is 9.98 Å². The largest absolute Gasteiger partial charge is 0.257 e. The molecule has 2 nitrogen and oxygen atoms in total. The Balaban J connectivity index is 3.57. The summed E-state index contributed by atoms with van der Waals surface area (Å²) in [5.74, 6) is 0. The number of hydrogen-bond acceptors (Lipinski definition) is 2. The monoisotopic (exact) mass is 392 g/mol. The van der Waals surface area contributed by atoms with Gasteiger partial charge in [-0.15, -0.1) is 0 Å². The highest BCUT2D eigenvalue weighted by molar-refractivity contribution is 6.12. The smallest absolute Gasteiger partial charge is 0.0701 e. The minimum Gasteiger partial charge on any atom is -0.257 e. The summed E-state index contributed by atoms with van der Waals surface area (Å²) in [6, 6.07) is 8.08. The van der Waals surface area contributed by atoms with Crippen molar-refractivity contribution in [2.24, 2.45) is 9.98 Å². The lowest BCUT2D eigenvalue weighted by Crippen LogP contribution is -1.99. The highest BCUT2D eigenvalue weighted by atomic mass is 14.7. The number of aliphatic imine (C=N–C) groups is 2. The second-order valence-corrected chi connectivity index (χ2v) is 5.83. The van der Waals surface area contributed by atoms with Gasteiger partial charge in [-0.1, -0.05) is 100 Å². The Bertz CT molecular complexity index is 989. The summed E-state index contributed by atoms with van der Waals surface area (Å²) in [6.45, 7) is 22.6. The van der Waals surface area contributed by atoms with Gasteiger partial charge in [0.1, 0.15) is 0 Å². The third-order valence-electron chi connectivity index (χ3n) is 3.86. The van der Waals surface area contributed by atoms with Crippen LogP contribution in [0.3, 0.4) is 0 Å². The van der Waals surface area contributed by atoms with Gasteiger partial charge in [-0.05, 0) is 35.4 Å². The van der Waals surface area contributed by atoms with E-state index in [0.29, 0.717) is 0 Å². The van der Waals surface area contributed by atoms with E-state index in [1.807, 2.05) is 54.7 Å². The zero-order chi connectivity index (χ0) is 22.2. The first kappa shape index (κ1) is 24.0. The first-order valence-corrected chi connectivity index (χ1v) is 9.38. The molecule has 0 atom stereocenters. The number of nitrogens with zero attached hydrogens (tertiary/aromatic N) is 2. The van der Waals surface area contributed by atoms with Gasteiger partial charge in [-0.2, -0.15) is 0 Å². The van der Waals surface area contributed by atoms with Crippen molar-refractivity contribution in [1.82, 2.24) is 0 Å². The predicted molar refractivity (Wildman–Crippen MR) is 136 cm³/mol. The Kier molecular flexibility index (Phi) is 11.2. The van der Waals surface area contributed by atoms with Crippen LogP contribution >= 0.6 is 0 Å². The Labute approximate surface area is 180 Å². The third-order valence-corrected chi connectivity index (χ3v) is 3.86. The van der Waals surface area contributed by atoms with Crippen molar-refractivity contribution >= 4 is 17.0 Å². The van der Waals surface area contributed by atoms with Crippen LogP contribution in [0, 0.1) is 0 Å². The molecule has 1 rings (SSSR count). The fourth-order valence-electron chi connectivity index (χ4n) is 2.56. The van der Waals surface area contributed by atoms with Gasteiger partial charge in [0.25, 0.3) is 0 Å². The van der Waals surface area contributed by atoms with Crippen LogP contribution in [0.4, 0.5) is 0 Å². The van der Waals surface area contributed by atoms with Crippen molar-refractivity contribution in [3.8, 4) is 0 Å². The van der Waals surface area contributed by atoms with Crippen LogP contribution < -0.4 is 0 Å². The molecule has 0 N–H and O–H groups in total. The van der Waals surface area contributed by atoms with Crippen LogP contribution in [0.25, 0.3) is 5.57 Å². The molecule has 0 aromatic heterocycles. The molecule has 1 aromatic rings. The number of hydrogen-bond donors (Lipinski definition) is 0. The van der Waals surface area contributed by atoms with Crippen LogP contribution in [0.15, 0.2) is 152 Å². The molecule has 0 saturated heterocycles. The summed E-state index contributed by atoms with van der Waals surface area (Å²) in [5.41, 5.74) is 5.28. The molecule has 30 heavy (non-hydrogen) atoms. The molecule has 0 aliphatic rings. The maximum Gasteiger partial charge on any atom is 0.0701 e. The average Bonchev–Trinajstić information content (AvgIpc) is 2.77. The molecule has 0 spiro atoms. The molecule has 0 aliphatic heterocycles. The second-order valence-electron chi connectivity index (χ2n) is 5.83. The van der Waals surface area contributed by atoms with Crippen molar-refractivity contribution in [1.29, 1.82) is 0 Å². The van der Waals surface area contributed by atoms with Gasteiger partial charge in [0, 0.05) is 23.5 Å². The van der Waals surface area contributed by atoms with Gasteiger partial charge < -0.3 is 0 Å². The van der Waals surface area contributed by atoms with E-state index < -0.39 is 0 Å². The molecule has 1 aromatic carbocycles. The van der Waals surface area contributed by atoms with Crippen LogP contribution in [0.5, 0.6) is 0 Å². The summed E-state index contributed by atoms with van der Waals surface area (Å²) in [6.07, 6.45) is 21.3. The molecule has 0 heterocycles. The first-order chi connectivity index (χ1) is 14.6. The number of allylic oxidation sites excluding steroid dienone is 12. The van der Waals surface area contributed by atoms with E-state index in [0.717, 1.165) is 33.7 Å². The summed E-state index contributed by atoms with van der Waals surface area (Å²) in [5, 5.41) is 0. The highest BCUT2D eigenvalue weighted by Crippen LogP contribution is 2.21. The molecular formula is C28H28N2. The van der Waals surface area contributed by atoms with Crippen LogP contribution in [0.2, 0.25) is 0 Å². The molecule has 2 heteroatoms. The van der Waals surface area contributed by atoms with Gasteiger partial charge in [-0.25, -0.2) is 0 Å². The minimum atomic E-state index is 0.730. The Morgan fingerprint density at radius 1 is 0.767 bits per heavy atom. The Morgan fingerprint density at radius 2 is 1.43 bits per heavy atom. The molecule has 0 aliphatic carbocycles. The van der Waals surface area contributed by atoms with Crippen LogP contribution in [0.1, 0.15) is 11.1 Å². The van der Waals surface area contributed by atoms with Crippen molar-refractivity contribution in [2.75, 3.05) is 0 Å². The van der Waals surface area contributed by atoms with Crippen molar-refractivity contribution < 1.29 is 0 Å². The third kappa shape index (κ3) is 7.53. The standard InChI is InChI=1S/C28H28N2/c1-7-13-19-27(29-11-5)23(10-4)21-24(16-9-3)25-17-15-18-26(22-25)28(30-12-6)20-14-8-2/h7-22H,1-6H2/b19-13-,20-14-,23-21+,24-16+,29-27?,30-28?. The molecule has 0 unspecified atom stereocenters. The van der Waals surface area contributed by atoms with Crippen molar-refractivity contribution in [3.63, 3.8) is 0 Å². The van der Waals surface area contributed by atoms with Gasteiger partial charge in [0.05, 0.1) is 11.4 Å². The number of rotatable bonds is 12. The summed E-state index contributed by atoms with van der Waals surface area (Å²) in [7, 11) is 0. The fourth-order valence-corrected chi connectivity index (χ4v) is 2.56. The predicted octanol–water partition coefficient (Wildman–Crippen LogP) is 7.37. The minimum absolute atomic E-state index is 0.730. The summed E-state index contributed by atoms with van der Waals surface area (Å²) >= 11 is 0. The fraction of sp³-hybridized carbons (Fsp3) is 0. The Hall–Kier alpha value is -4.04. The molecule has 150 valence electrons. The lowest BCUT2D eigenvalue weighted by Gasteiger charge is -2.09. The van der Waals surface area contributed by atoms with Crippen molar-refractivity contribution in [2.45, 2.75) is 0 Å². The molecule has 0 radical (unpaired) electrons. The average molecular weight is 393 g/mol. The van der Waals surface area contributed by atoms with E-state index >= 15 is 0 Å². The SMILES string of the molecule is C=C/C=C\C(=NC=C)/C(C=C)=C/C(=C\C=C)c1cccc(C(/C=C\C=C)=NC=C)c1. The van der Waals surface area contributed by atoms with E-state index in [-0.39, 0.29) is 0 Å². The lowest BCUT2D eigenvalue weighted by molar-refractivity contribution is 1.52.